The van der Waals surface area contributed by atoms with Gasteiger partial charge in [0.1, 0.15) is 5.75 Å². The van der Waals surface area contributed by atoms with Gasteiger partial charge in [0.05, 0.1) is 5.56 Å². The highest BCUT2D eigenvalue weighted by atomic mass is 19.4. The number of rotatable bonds is 2. The van der Waals surface area contributed by atoms with Crippen molar-refractivity contribution in [3.05, 3.63) is 29.8 Å². The zero-order chi connectivity index (χ0) is 9.90. The number of aldehydes is 1. The molecule has 0 aliphatic carbocycles. The summed E-state index contributed by atoms with van der Waals surface area (Å²) in [6, 6.07) is 4.85. The van der Waals surface area contributed by atoms with E-state index in [2.05, 4.69) is 4.74 Å². The van der Waals surface area contributed by atoms with Crippen LogP contribution in [0.4, 0.5) is 13.2 Å². The Hall–Kier alpha value is -1.52. The molecule has 0 amide bonds. The zero-order valence-electron chi connectivity index (χ0n) is 6.38. The molecule has 1 aromatic carbocycles. The standard InChI is InChI=1S/C8H5F3O2/c9-8(10,11)13-7-3-1-6(5-12)2-4-7/h1-5H/p+1. The summed E-state index contributed by atoms with van der Waals surface area (Å²) in [6.45, 7) is 0. The number of benzene rings is 1. The minimum Gasteiger partial charge on any atom is -0.406 e. The Morgan fingerprint density at radius 1 is 1.15 bits per heavy atom. The molecule has 0 aliphatic rings. The highest BCUT2D eigenvalue weighted by Gasteiger charge is 2.30. The average Bonchev–Trinajstić information content (AvgIpc) is 2.03. The highest BCUT2D eigenvalue weighted by Crippen LogP contribution is 2.22. The van der Waals surface area contributed by atoms with Crippen molar-refractivity contribution >= 4 is 6.29 Å². The quantitative estimate of drug-likeness (QED) is 0.520. The minimum atomic E-state index is -4.68. The van der Waals surface area contributed by atoms with E-state index in [-0.39, 0.29) is 5.75 Å². The molecule has 0 fully saturated rings. The van der Waals surface area contributed by atoms with Gasteiger partial charge in [0.25, 0.3) is 0 Å². The molecular formula is C8H6F3O2+. The molecule has 0 heterocycles. The molecule has 0 aromatic heterocycles. The molecule has 1 N–H and O–H groups in total. The van der Waals surface area contributed by atoms with Crippen molar-refractivity contribution in [1.29, 1.82) is 0 Å². The maximum atomic E-state index is 11.6. The van der Waals surface area contributed by atoms with E-state index >= 15 is 0 Å². The molecule has 5 heteroatoms. The maximum Gasteiger partial charge on any atom is 0.573 e. The second-order valence-corrected chi connectivity index (χ2v) is 2.25. The predicted molar refractivity (Wildman–Crippen MR) is 40.2 cm³/mol. The van der Waals surface area contributed by atoms with Crippen LogP contribution >= 0.6 is 0 Å². The molecule has 0 radical (unpaired) electrons. The van der Waals surface area contributed by atoms with Crippen LogP contribution in [0.1, 0.15) is 5.56 Å². The molecule has 0 bridgehead atoms. The molecule has 0 spiro atoms. The van der Waals surface area contributed by atoms with Gasteiger partial charge >= 0.3 is 12.6 Å². The summed E-state index contributed by atoms with van der Waals surface area (Å²) in [5, 5.41) is 0. The molecule has 0 unspecified atom stereocenters. The van der Waals surface area contributed by atoms with Crippen molar-refractivity contribution in [3.8, 4) is 5.75 Å². The van der Waals surface area contributed by atoms with Crippen LogP contribution in [0.5, 0.6) is 5.75 Å². The first-order valence-corrected chi connectivity index (χ1v) is 3.34. The summed E-state index contributed by atoms with van der Waals surface area (Å²) < 4.78 is 38.5. The summed E-state index contributed by atoms with van der Waals surface area (Å²) in [7, 11) is 0. The molecule has 0 saturated heterocycles. The van der Waals surface area contributed by atoms with Crippen molar-refractivity contribution in [1.82, 2.24) is 0 Å². The van der Waals surface area contributed by atoms with Gasteiger partial charge in [-0.15, -0.1) is 13.2 Å². The molecule has 13 heavy (non-hydrogen) atoms. The monoisotopic (exact) mass is 191 g/mol. The van der Waals surface area contributed by atoms with E-state index < -0.39 is 6.36 Å². The Morgan fingerprint density at radius 2 is 1.69 bits per heavy atom. The van der Waals surface area contributed by atoms with Gasteiger partial charge in [-0.25, -0.2) is 0 Å². The number of ether oxygens (including phenoxy) is 1. The Labute approximate surface area is 71.9 Å². The molecule has 0 aliphatic heterocycles. The minimum absolute atomic E-state index is 0.307. The number of alkyl halides is 3. The van der Waals surface area contributed by atoms with Crippen molar-refractivity contribution in [3.63, 3.8) is 0 Å². The number of halogens is 3. The largest absolute Gasteiger partial charge is 0.573 e. The SMILES string of the molecule is [OH+]=Cc1ccc(OC(F)(F)F)cc1. The van der Waals surface area contributed by atoms with E-state index in [1.807, 2.05) is 0 Å². The van der Waals surface area contributed by atoms with Crippen molar-refractivity contribution in [2.24, 2.45) is 0 Å². The van der Waals surface area contributed by atoms with Crippen molar-refractivity contribution < 1.29 is 22.7 Å². The third kappa shape index (κ3) is 3.14. The fraction of sp³-hybridized carbons (Fsp3) is 0.125. The fourth-order valence-electron chi connectivity index (χ4n) is 0.756. The van der Waals surface area contributed by atoms with Crippen LogP contribution in [0.2, 0.25) is 0 Å². The van der Waals surface area contributed by atoms with Crippen LogP contribution in [0, 0.1) is 0 Å². The topological polar surface area (TPSA) is 30.6 Å². The van der Waals surface area contributed by atoms with Crippen LogP contribution in [-0.4, -0.2) is 17.4 Å². The van der Waals surface area contributed by atoms with E-state index in [4.69, 9.17) is 4.79 Å². The van der Waals surface area contributed by atoms with Gasteiger partial charge in [-0.1, -0.05) is 0 Å². The zero-order valence-corrected chi connectivity index (χ0v) is 6.38. The molecule has 1 aromatic rings. The van der Waals surface area contributed by atoms with E-state index in [1.165, 1.54) is 12.1 Å². The summed E-state index contributed by atoms with van der Waals surface area (Å²) in [4.78, 5) is 8.47. The number of hydrogen-bond acceptors (Lipinski definition) is 1. The smallest absolute Gasteiger partial charge is 0.406 e. The van der Waals surface area contributed by atoms with Crippen LogP contribution < -0.4 is 4.74 Å². The lowest BCUT2D eigenvalue weighted by molar-refractivity contribution is -0.274. The Kier molecular flexibility index (Phi) is 2.55. The summed E-state index contributed by atoms with van der Waals surface area (Å²) >= 11 is 0. The van der Waals surface area contributed by atoms with E-state index in [0.29, 0.717) is 5.56 Å². The van der Waals surface area contributed by atoms with Crippen molar-refractivity contribution in [2.75, 3.05) is 0 Å². The van der Waals surface area contributed by atoms with Crippen LogP contribution in [0.25, 0.3) is 0 Å². The highest BCUT2D eigenvalue weighted by molar-refractivity contribution is 5.75. The third-order valence-corrected chi connectivity index (χ3v) is 1.26. The Morgan fingerprint density at radius 3 is 2.08 bits per heavy atom. The Bertz CT molecular complexity index is 289. The van der Waals surface area contributed by atoms with Gasteiger partial charge in [-0.05, 0) is 24.3 Å². The third-order valence-electron chi connectivity index (χ3n) is 1.26. The lowest BCUT2D eigenvalue weighted by Crippen LogP contribution is -2.16. The van der Waals surface area contributed by atoms with Crippen LogP contribution in [-0.2, 0) is 0 Å². The summed E-state index contributed by atoms with van der Waals surface area (Å²) in [6.07, 6.45) is -3.89. The average molecular weight is 191 g/mol. The van der Waals surface area contributed by atoms with Crippen molar-refractivity contribution in [2.45, 2.75) is 6.36 Å². The first kappa shape index (κ1) is 9.57. The number of hydrogen-bond donors (Lipinski definition) is 0. The van der Waals surface area contributed by atoms with Crippen LogP contribution in [0.3, 0.4) is 0 Å². The fourth-order valence-corrected chi connectivity index (χ4v) is 0.756. The van der Waals surface area contributed by atoms with Gasteiger partial charge in [0, 0.05) is 0 Å². The molecule has 0 atom stereocenters. The van der Waals surface area contributed by atoms with E-state index in [9.17, 15) is 13.2 Å². The lowest BCUT2D eigenvalue weighted by atomic mass is 10.2. The van der Waals surface area contributed by atoms with Gasteiger partial charge in [-0.2, -0.15) is 0 Å². The van der Waals surface area contributed by atoms with Gasteiger partial charge in [0.15, 0.2) is 0 Å². The van der Waals surface area contributed by atoms with Crippen LogP contribution in [0.15, 0.2) is 24.3 Å². The first-order valence-electron chi connectivity index (χ1n) is 3.34. The van der Waals surface area contributed by atoms with E-state index in [0.717, 1.165) is 18.4 Å². The number of carbonyl (C=O) groups excluding carboxylic acids is 1. The molecule has 0 saturated carbocycles. The maximum absolute atomic E-state index is 11.6. The molecule has 2 nitrogen and oxygen atoms in total. The van der Waals surface area contributed by atoms with Gasteiger partial charge < -0.3 is 4.74 Å². The summed E-state index contributed by atoms with van der Waals surface area (Å²) in [5.41, 5.74) is 0.412. The van der Waals surface area contributed by atoms with Gasteiger partial charge in [-0.3, -0.25) is 4.79 Å². The second kappa shape index (κ2) is 3.47. The normalized spacial score (nSPS) is 11.0. The lowest BCUT2D eigenvalue weighted by Gasteiger charge is -2.07. The van der Waals surface area contributed by atoms with E-state index in [1.54, 1.807) is 0 Å². The first-order chi connectivity index (χ1) is 6.01. The van der Waals surface area contributed by atoms with Gasteiger partial charge in [0.2, 0.25) is 0 Å². The molecule has 1 rings (SSSR count). The predicted octanol–water partition coefficient (Wildman–Crippen LogP) is 2.11. The second-order valence-electron chi connectivity index (χ2n) is 2.25. The molecular weight excluding hydrogens is 185 g/mol. The summed E-state index contributed by atoms with van der Waals surface area (Å²) in [5.74, 6) is -0.307. The molecule has 70 valence electrons. The Balaban J connectivity index is 2.75.